The molecule has 2 aromatic heterocycles. The van der Waals surface area contributed by atoms with E-state index < -0.39 is 0 Å². The number of thiophene rings is 1. The largest absolute Gasteiger partial charge is 0.351 e. The number of benzene rings is 1. The van der Waals surface area contributed by atoms with E-state index in [1.165, 1.54) is 17.3 Å². The SMILES string of the molecule is CCc1cc2c(=O)n(CCc3ccccc3)c(SCC(=O)NC(C)(C)CC)nc2s1. The molecule has 5 nitrogen and oxygen atoms in total. The van der Waals surface area contributed by atoms with Crippen molar-refractivity contribution in [3.05, 3.63) is 57.2 Å². The van der Waals surface area contributed by atoms with E-state index in [2.05, 4.69) is 24.4 Å². The predicted octanol–water partition coefficient (Wildman–Crippen LogP) is 4.66. The molecule has 0 radical (unpaired) electrons. The van der Waals surface area contributed by atoms with Crippen LogP contribution in [0.1, 0.15) is 44.6 Å². The molecule has 160 valence electrons. The minimum Gasteiger partial charge on any atom is -0.351 e. The van der Waals surface area contributed by atoms with Crippen LogP contribution in [0.25, 0.3) is 10.2 Å². The Morgan fingerprint density at radius 2 is 1.97 bits per heavy atom. The van der Waals surface area contributed by atoms with Gasteiger partial charge in [0.2, 0.25) is 5.91 Å². The average molecular weight is 444 g/mol. The van der Waals surface area contributed by atoms with Crippen LogP contribution in [0.5, 0.6) is 0 Å². The summed E-state index contributed by atoms with van der Waals surface area (Å²) in [5.41, 5.74) is 0.900. The van der Waals surface area contributed by atoms with E-state index in [-0.39, 0.29) is 22.8 Å². The molecule has 30 heavy (non-hydrogen) atoms. The van der Waals surface area contributed by atoms with Crippen molar-refractivity contribution in [2.75, 3.05) is 5.75 Å². The second-order valence-corrected chi connectivity index (χ2v) is 10.0. The number of carbonyl (C=O) groups is 1. The molecule has 0 bridgehead atoms. The van der Waals surface area contributed by atoms with Crippen molar-refractivity contribution in [2.45, 2.75) is 64.2 Å². The molecule has 1 amide bonds. The number of nitrogens with one attached hydrogen (secondary N) is 1. The second kappa shape index (κ2) is 9.79. The highest BCUT2D eigenvalue weighted by Crippen LogP contribution is 2.25. The first-order chi connectivity index (χ1) is 14.3. The second-order valence-electron chi connectivity index (χ2n) is 7.95. The molecule has 1 aromatic carbocycles. The van der Waals surface area contributed by atoms with Crippen LogP contribution >= 0.6 is 23.1 Å². The Balaban J connectivity index is 1.88. The van der Waals surface area contributed by atoms with Gasteiger partial charge in [-0.3, -0.25) is 14.2 Å². The minimum absolute atomic E-state index is 0.0244. The van der Waals surface area contributed by atoms with Gasteiger partial charge in [0.1, 0.15) is 4.83 Å². The lowest BCUT2D eigenvalue weighted by Crippen LogP contribution is -2.43. The normalized spacial score (nSPS) is 11.7. The fraction of sp³-hybridized carbons (Fsp3) is 0.435. The van der Waals surface area contributed by atoms with Gasteiger partial charge in [-0.05, 0) is 44.7 Å². The molecule has 7 heteroatoms. The number of aryl methyl sites for hydroxylation is 2. The highest BCUT2D eigenvalue weighted by atomic mass is 32.2. The van der Waals surface area contributed by atoms with Crippen molar-refractivity contribution in [1.29, 1.82) is 0 Å². The number of hydrogen-bond acceptors (Lipinski definition) is 5. The molecule has 0 saturated carbocycles. The van der Waals surface area contributed by atoms with E-state index in [4.69, 9.17) is 4.98 Å². The van der Waals surface area contributed by atoms with Gasteiger partial charge >= 0.3 is 0 Å². The Hall–Kier alpha value is -2.12. The van der Waals surface area contributed by atoms with Crippen molar-refractivity contribution in [3.63, 3.8) is 0 Å². The highest BCUT2D eigenvalue weighted by Gasteiger charge is 2.20. The Morgan fingerprint density at radius 1 is 1.23 bits per heavy atom. The zero-order valence-corrected chi connectivity index (χ0v) is 19.7. The van der Waals surface area contributed by atoms with E-state index in [9.17, 15) is 9.59 Å². The third-order valence-electron chi connectivity index (χ3n) is 5.18. The van der Waals surface area contributed by atoms with Crippen molar-refractivity contribution >= 4 is 39.2 Å². The molecule has 3 rings (SSSR count). The Labute approximate surface area is 185 Å². The fourth-order valence-electron chi connectivity index (χ4n) is 3.05. The quantitative estimate of drug-likeness (QED) is 0.386. The van der Waals surface area contributed by atoms with E-state index in [0.717, 1.165) is 29.0 Å². The summed E-state index contributed by atoms with van der Waals surface area (Å²) in [7, 11) is 0. The molecule has 0 spiro atoms. The van der Waals surface area contributed by atoms with Gasteiger partial charge < -0.3 is 5.32 Å². The number of aromatic nitrogens is 2. The molecular formula is C23H29N3O2S2. The summed E-state index contributed by atoms with van der Waals surface area (Å²) < 4.78 is 1.73. The average Bonchev–Trinajstić information content (AvgIpc) is 3.16. The predicted molar refractivity (Wildman–Crippen MR) is 127 cm³/mol. The molecule has 0 unspecified atom stereocenters. The van der Waals surface area contributed by atoms with Gasteiger partial charge in [-0.25, -0.2) is 4.98 Å². The maximum atomic E-state index is 13.2. The van der Waals surface area contributed by atoms with Crippen molar-refractivity contribution < 1.29 is 4.79 Å². The minimum atomic E-state index is -0.244. The van der Waals surface area contributed by atoms with E-state index in [0.29, 0.717) is 17.1 Å². The fourth-order valence-corrected chi connectivity index (χ4v) is 4.88. The number of hydrogen-bond donors (Lipinski definition) is 1. The first-order valence-electron chi connectivity index (χ1n) is 10.3. The number of rotatable bonds is 9. The van der Waals surface area contributed by atoms with Crippen LogP contribution in [-0.4, -0.2) is 26.8 Å². The molecular weight excluding hydrogens is 414 g/mol. The van der Waals surface area contributed by atoms with Crippen LogP contribution in [0.3, 0.4) is 0 Å². The lowest BCUT2D eigenvalue weighted by Gasteiger charge is -2.24. The van der Waals surface area contributed by atoms with Crippen LogP contribution in [0, 0.1) is 0 Å². The summed E-state index contributed by atoms with van der Waals surface area (Å²) in [4.78, 5) is 32.3. The molecule has 0 aliphatic heterocycles. The van der Waals surface area contributed by atoms with Crippen LogP contribution in [0.4, 0.5) is 0 Å². The summed E-state index contributed by atoms with van der Waals surface area (Å²) in [6.07, 6.45) is 2.47. The van der Waals surface area contributed by atoms with Crippen LogP contribution in [0.2, 0.25) is 0 Å². The number of nitrogens with zero attached hydrogens (tertiary/aromatic N) is 2. The van der Waals surface area contributed by atoms with Gasteiger partial charge in [0.25, 0.3) is 5.56 Å². The van der Waals surface area contributed by atoms with Gasteiger partial charge in [-0.2, -0.15) is 0 Å². The lowest BCUT2D eigenvalue weighted by atomic mass is 10.0. The first kappa shape index (κ1) is 22.6. The molecule has 2 heterocycles. The lowest BCUT2D eigenvalue weighted by molar-refractivity contribution is -0.120. The molecule has 0 atom stereocenters. The summed E-state index contributed by atoms with van der Waals surface area (Å²) in [5, 5.41) is 4.33. The smallest absolute Gasteiger partial charge is 0.262 e. The topological polar surface area (TPSA) is 64.0 Å². The van der Waals surface area contributed by atoms with E-state index in [1.807, 2.05) is 45.0 Å². The van der Waals surface area contributed by atoms with Crippen molar-refractivity contribution in [2.24, 2.45) is 0 Å². The van der Waals surface area contributed by atoms with E-state index in [1.54, 1.807) is 15.9 Å². The summed E-state index contributed by atoms with van der Waals surface area (Å²) in [5.74, 6) is 0.190. The van der Waals surface area contributed by atoms with Gasteiger partial charge in [0.05, 0.1) is 11.1 Å². The first-order valence-corrected chi connectivity index (χ1v) is 12.1. The van der Waals surface area contributed by atoms with Gasteiger partial charge in [-0.15, -0.1) is 11.3 Å². The van der Waals surface area contributed by atoms with E-state index >= 15 is 0 Å². The Bertz CT molecular complexity index is 1070. The Morgan fingerprint density at radius 3 is 2.63 bits per heavy atom. The number of fused-ring (bicyclic) bond motifs is 1. The maximum Gasteiger partial charge on any atom is 0.262 e. The van der Waals surface area contributed by atoms with Gasteiger partial charge in [0.15, 0.2) is 5.16 Å². The van der Waals surface area contributed by atoms with Gasteiger partial charge in [-0.1, -0.05) is 55.9 Å². The summed E-state index contributed by atoms with van der Waals surface area (Å²) in [6, 6.07) is 12.1. The monoisotopic (exact) mass is 443 g/mol. The van der Waals surface area contributed by atoms with Gasteiger partial charge in [0, 0.05) is 17.0 Å². The molecule has 0 aliphatic rings. The third-order valence-corrected chi connectivity index (χ3v) is 7.33. The molecule has 0 aliphatic carbocycles. The van der Waals surface area contributed by atoms with Crippen molar-refractivity contribution in [1.82, 2.24) is 14.9 Å². The zero-order valence-electron chi connectivity index (χ0n) is 18.0. The molecule has 0 saturated heterocycles. The van der Waals surface area contributed by atoms with Crippen molar-refractivity contribution in [3.8, 4) is 0 Å². The summed E-state index contributed by atoms with van der Waals surface area (Å²) >= 11 is 2.89. The molecule has 1 N–H and O–H groups in total. The van der Waals surface area contributed by atoms with Crippen LogP contribution in [-0.2, 0) is 24.2 Å². The Kier molecular flexibility index (Phi) is 7.36. The third kappa shape index (κ3) is 5.52. The zero-order chi connectivity index (χ0) is 21.7. The molecule has 0 fully saturated rings. The number of amides is 1. The van der Waals surface area contributed by atoms with Crippen LogP contribution < -0.4 is 10.9 Å². The maximum absolute atomic E-state index is 13.2. The summed E-state index contributed by atoms with van der Waals surface area (Å²) in [6.45, 7) is 8.68. The van der Waals surface area contributed by atoms with Crippen LogP contribution in [0.15, 0.2) is 46.3 Å². The highest BCUT2D eigenvalue weighted by molar-refractivity contribution is 7.99. The molecule has 3 aromatic rings. The standard InChI is InChI=1S/C23H29N3O2S2/c1-5-17-14-18-20(30-17)24-22(29-15-19(27)25-23(3,4)6-2)26(21(18)28)13-12-16-10-8-7-9-11-16/h7-11,14H,5-6,12-13,15H2,1-4H3,(H,25,27). The number of carbonyl (C=O) groups excluding carboxylic acids is 1. The number of thioether (sulfide) groups is 1.